The van der Waals surface area contributed by atoms with Gasteiger partial charge in [-0.15, -0.1) is 0 Å². The summed E-state index contributed by atoms with van der Waals surface area (Å²) in [5, 5.41) is 0.0116. The summed E-state index contributed by atoms with van der Waals surface area (Å²) in [7, 11) is 3.29. The van der Waals surface area contributed by atoms with Crippen LogP contribution in [-0.4, -0.2) is 23.6 Å². The minimum atomic E-state index is -0.0787. The van der Waals surface area contributed by atoms with Crippen LogP contribution in [0.5, 0.6) is 0 Å². The van der Waals surface area contributed by atoms with Gasteiger partial charge in [-0.1, -0.05) is 21.6 Å². The van der Waals surface area contributed by atoms with Crippen molar-refractivity contribution in [3.8, 4) is 0 Å². The van der Waals surface area contributed by atoms with Gasteiger partial charge < -0.3 is 4.74 Å². The van der Waals surface area contributed by atoms with Crippen molar-refractivity contribution in [2.75, 3.05) is 12.4 Å². The van der Waals surface area contributed by atoms with Crippen LogP contribution in [0.4, 0.5) is 0 Å². The second kappa shape index (κ2) is 3.37. The first kappa shape index (κ1) is 7.28. The number of cyclic esters (lactones) is 1. The highest BCUT2D eigenvalue weighted by molar-refractivity contribution is 8.77. The number of ether oxygens (including phenoxy) is 1. The van der Waals surface area contributed by atoms with Gasteiger partial charge >= 0.3 is 5.97 Å². The van der Waals surface area contributed by atoms with Gasteiger partial charge in [0, 0.05) is 5.75 Å². The largest absolute Gasteiger partial charge is 0.464 e. The molecule has 1 saturated heterocycles. The molecule has 1 rings (SSSR count). The SMILES string of the molecule is CC1SSCCOC1=O. The average Bonchev–Trinajstić information content (AvgIpc) is 1.99. The molecular weight excluding hydrogens is 156 g/mol. The highest BCUT2D eigenvalue weighted by Crippen LogP contribution is 2.29. The van der Waals surface area contributed by atoms with E-state index >= 15 is 0 Å². The molecule has 0 saturated carbocycles. The number of esters is 1. The molecule has 0 radical (unpaired) electrons. The predicted octanol–water partition coefficient (Wildman–Crippen LogP) is 1.31. The monoisotopic (exact) mass is 164 g/mol. The summed E-state index contributed by atoms with van der Waals surface area (Å²) in [6, 6.07) is 0. The second-order valence-electron chi connectivity index (χ2n) is 1.73. The van der Waals surface area contributed by atoms with E-state index in [9.17, 15) is 4.79 Å². The maximum atomic E-state index is 10.8. The Labute approximate surface area is 62.1 Å². The lowest BCUT2D eigenvalue weighted by molar-refractivity contribution is -0.141. The van der Waals surface area contributed by atoms with Crippen molar-refractivity contribution in [2.24, 2.45) is 0 Å². The highest BCUT2D eigenvalue weighted by Gasteiger charge is 2.17. The standard InChI is InChI=1S/C5H8O2S2/c1-4-5(6)7-2-3-8-9-4/h4H,2-3H2,1H3. The fourth-order valence-electron chi connectivity index (χ4n) is 0.483. The Balaban J connectivity index is 2.41. The van der Waals surface area contributed by atoms with E-state index in [0.29, 0.717) is 6.61 Å². The topological polar surface area (TPSA) is 26.3 Å². The van der Waals surface area contributed by atoms with Crippen molar-refractivity contribution in [3.63, 3.8) is 0 Å². The molecule has 1 fully saturated rings. The van der Waals surface area contributed by atoms with Crippen LogP contribution in [0.25, 0.3) is 0 Å². The van der Waals surface area contributed by atoms with E-state index in [-0.39, 0.29) is 11.2 Å². The predicted molar refractivity (Wildman–Crippen MR) is 40.5 cm³/mol. The number of rotatable bonds is 0. The van der Waals surface area contributed by atoms with Gasteiger partial charge in [-0.05, 0) is 6.92 Å². The Bertz CT molecular complexity index is 116. The quantitative estimate of drug-likeness (QED) is 0.398. The van der Waals surface area contributed by atoms with Gasteiger partial charge in [0.15, 0.2) is 0 Å². The van der Waals surface area contributed by atoms with E-state index in [2.05, 4.69) is 0 Å². The molecule has 4 heteroatoms. The molecule has 0 bridgehead atoms. The Morgan fingerprint density at radius 2 is 2.56 bits per heavy atom. The van der Waals surface area contributed by atoms with Gasteiger partial charge in [-0.3, -0.25) is 4.79 Å². The molecule has 9 heavy (non-hydrogen) atoms. The fraction of sp³-hybridized carbons (Fsp3) is 0.800. The van der Waals surface area contributed by atoms with Crippen LogP contribution in [-0.2, 0) is 9.53 Å². The highest BCUT2D eigenvalue weighted by atomic mass is 33.1. The maximum Gasteiger partial charge on any atom is 0.319 e. The molecule has 1 unspecified atom stereocenters. The third-order valence-electron chi connectivity index (χ3n) is 0.955. The van der Waals surface area contributed by atoms with Gasteiger partial charge in [0.1, 0.15) is 11.9 Å². The zero-order chi connectivity index (χ0) is 6.69. The summed E-state index contributed by atoms with van der Waals surface area (Å²) in [4.78, 5) is 10.8. The zero-order valence-electron chi connectivity index (χ0n) is 5.12. The lowest BCUT2D eigenvalue weighted by atomic mass is 10.5. The van der Waals surface area contributed by atoms with Crippen molar-refractivity contribution in [1.82, 2.24) is 0 Å². The molecule has 2 nitrogen and oxygen atoms in total. The molecule has 0 amide bonds. The fourth-order valence-corrected chi connectivity index (χ4v) is 2.42. The van der Waals surface area contributed by atoms with E-state index in [0.717, 1.165) is 5.75 Å². The molecule has 0 aromatic carbocycles. The van der Waals surface area contributed by atoms with E-state index in [1.54, 1.807) is 21.6 Å². The van der Waals surface area contributed by atoms with E-state index in [1.807, 2.05) is 6.92 Å². The van der Waals surface area contributed by atoms with Gasteiger partial charge in [-0.2, -0.15) is 0 Å². The maximum absolute atomic E-state index is 10.8. The first-order valence-corrected chi connectivity index (χ1v) is 5.14. The number of carbonyl (C=O) groups is 1. The van der Waals surface area contributed by atoms with Crippen LogP contribution in [0, 0.1) is 0 Å². The van der Waals surface area contributed by atoms with Crippen molar-refractivity contribution in [1.29, 1.82) is 0 Å². The number of carbonyl (C=O) groups excluding carboxylic acids is 1. The minimum Gasteiger partial charge on any atom is -0.464 e. The van der Waals surface area contributed by atoms with Crippen molar-refractivity contribution in [2.45, 2.75) is 12.2 Å². The lowest BCUT2D eigenvalue weighted by Gasteiger charge is -2.01. The van der Waals surface area contributed by atoms with Crippen LogP contribution in [0.3, 0.4) is 0 Å². The molecule has 0 spiro atoms. The van der Waals surface area contributed by atoms with E-state index in [1.165, 1.54) is 0 Å². The molecule has 0 aliphatic carbocycles. The third kappa shape index (κ3) is 2.10. The molecule has 1 aliphatic rings. The lowest BCUT2D eigenvalue weighted by Crippen LogP contribution is -2.14. The van der Waals surface area contributed by atoms with Crippen LogP contribution in [0.1, 0.15) is 6.92 Å². The Morgan fingerprint density at radius 1 is 1.78 bits per heavy atom. The Morgan fingerprint density at radius 3 is 3.33 bits per heavy atom. The zero-order valence-corrected chi connectivity index (χ0v) is 6.76. The van der Waals surface area contributed by atoms with Crippen molar-refractivity contribution >= 4 is 27.6 Å². The summed E-state index contributed by atoms with van der Waals surface area (Å²) < 4.78 is 4.83. The number of hydrogen-bond acceptors (Lipinski definition) is 4. The van der Waals surface area contributed by atoms with Crippen molar-refractivity contribution in [3.05, 3.63) is 0 Å². The summed E-state index contributed by atoms with van der Waals surface area (Å²) in [6.07, 6.45) is 0. The molecule has 0 aromatic heterocycles. The molecular formula is C5H8O2S2. The normalized spacial score (nSPS) is 29.0. The molecule has 1 heterocycles. The van der Waals surface area contributed by atoms with Crippen molar-refractivity contribution < 1.29 is 9.53 Å². The van der Waals surface area contributed by atoms with Crippen LogP contribution < -0.4 is 0 Å². The third-order valence-corrected chi connectivity index (χ3v) is 3.68. The molecule has 1 aliphatic heterocycles. The second-order valence-corrected chi connectivity index (χ2v) is 4.56. The summed E-state index contributed by atoms with van der Waals surface area (Å²) in [5.74, 6) is 0.839. The molecule has 1 atom stereocenters. The smallest absolute Gasteiger partial charge is 0.319 e. The van der Waals surface area contributed by atoms with Crippen LogP contribution in [0.2, 0.25) is 0 Å². The average molecular weight is 164 g/mol. The van der Waals surface area contributed by atoms with Gasteiger partial charge in [0.05, 0.1) is 0 Å². The first-order valence-electron chi connectivity index (χ1n) is 2.75. The minimum absolute atomic E-state index is 0.0116. The Hall–Kier alpha value is 0.170. The van der Waals surface area contributed by atoms with Gasteiger partial charge in [-0.25, -0.2) is 0 Å². The molecule has 0 N–H and O–H groups in total. The first-order chi connectivity index (χ1) is 4.30. The van der Waals surface area contributed by atoms with E-state index in [4.69, 9.17) is 4.74 Å². The molecule has 52 valence electrons. The number of hydrogen-bond donors (Lipinski definition) is 0. The van der Waals surface area contributed by atoms with Crippen LogP contribution in [0.15, 0.2) is 0 Å². The van der Waals surface area contributed by atoms with Gasteiger partial charge in [0.2, 0.25) is 0 Å². The Kier molecular flexibility index (Phi) is 2.72. The van der Waals surface area contributed by atoms with Gasteiger partial charge in [0.25, 0.3) is 0 Å². The summed E-state index contributed by atoms with van der Waals surface area (Å²) in [5.41, 5.74) is 0. The van der Waals surface area contributed by atoms with E-state index < -0.39 is 0 Å². The molecule has 0 aromatic rings. The summed E-state index contributed by atoms with van der Waals surface area (Å²) in [6.45, 7) is 2.44. The van der Waals surface area contributed by atoms with Crippen LogP contribution >= 0.6 is 21.6 Å². The summed E-state index contributed by atoms with van der Waals surface area (Å²) >= 11 is 0.